The lowest BCUT2D eigenvalue weighted by atomic mass is 10.3. The highest BCUT2D eigenvalue weighted by molar-refractivity contribution is 5.40. The first-order chi connectivity index (χ1) is 5.36. The lowest BCUT2D eigenvalue weighted by Gasteiger charge is -2.01. The molecule has 0 aliphatic heterocycles. The Bertz CT molecular complexity index is 205. The zero-order valence-electron chi connectivity index (χ0n) is 6.87. The van der Waals surface area contributed by atoms with Crippen molar-refractivity contribution in [2.45, 2.75) is 6.92 Å². The van der Waals surface area contributed by atoms with E-state index in [2.05, 4.69) is 5.32 Å². The molecule has 59 valence electrons. The molecule has 0 atom stereocenters. The molecular weight excluding hydrogens is 138 g/mol. The first kappa shape index (κ1) is 7.92. The van der Waals surface area contributed by atoms with Gasteiger partial charge in [0, 0.05) is 6.54 Å². The van der Waals surface area contributed by atoms with E-state index in [4.69, 9.17) is 4.74 Å². The monoisotopic (exact) mass is 150 g/mol. The summed E-state index contributed by atoms with van der Waals surface area (Å²) >= 11 is 0. The second-order valence-corrected chi connectivity index (χ2v) is 2.17. The minimum Gasteiger partial charge on any atom is -0.497 e. The van der Waals surface area contributed by atoms with E-state index in [1.54, 1.807) is 7.11 Å². The molecule has 2 heteroatoms. The third-order valence-electron chi connectivity index (χ3n) is 1.41. The molecule has 0 unspecified atom stereocenters. The lowest BCUT2D eigenvalue weighted by molar-refractivity contribution is 0.415. The Balaban J connectivity index is 2.66. The van der Waals surface area contributed by atoms with E-state index < -0.39 is 0 Å². The zero-order chi connectivity index (χ0) is 8.10. The van der Waals surface area contributed by atoms with E-state index in [1.807, 2.05) is 31.2 Å². The van der Waals surface area contributed by atoms with Gasteiger partial charge in [-0.15, -0.1) is 0 Å². The number of ether oxygens (including phenoxy) is 1. The minimum atomic E-state index is 0.826. The van der Waals surface area contributed by atoms with Gasteiger partial charge in [-0.25, -0.2) is 0 Å². The smallest absolute Gasteiger partial charge is 0.119 e. The predicted molar refractivity (Wildman–Crippen MR) is 45.3 cm³/mol. The third-order valence-corrected chi connectivity index (χ3v) is 1.41. The van der Waals surface area contributed by atoms with Crippen molar-refractivity contribution in [3.63, 3.8) is 0 Å². The quantitative estimate of drug-likeness (QED) is 0.646. The average molecular weight is 150 g/mol. The molecule has 0 spiro atoms. The van der Waals surface area contributed by atoms with Gasteiger partial charge in [0.2, 0.25) is 0 Å². The summed E-state index contributed by atoms with van der Waals surface area (Å²) in [5.74, 6) is 0.875. The van der Waals surface area contributed by atoms with E-state index >= 15 is 0 Å². The number of hydrogen-bond acceptors (Lipinski definition) is 1. The van der Waals surface area contributed by atoms with E-state index in [-0.39, 0.29) is 0 Å². The normalized spacial score (nSPS) is 9.27. The van der Waals surface area contributed by atoms with Crippen LogP contribution >= 0.6 is 0 Å². The van der Waals surface area contributed by atoms with Crippen LogP contribution in [0.15, 0.2) is 24.3 Å². The maximum atomic E-state index is 5.01. The minimum absolute atomic E-state index is 0.826. The second kappa shape index (κ2) is 3.86. The van der Waals surface area contributed by atoms with Gasteiger partial charge in [-0.2, -0.15) is 0 Å². The zero-order valence-corrected chi connectivity index (χ0v) is 6.87. The molecule has 0 saturated carbocycles. The van der Waals surface area contributed by atoms with Crippen LogP contribution in [-0.4, -0.2) is 13.7 Å². The molecule has 1 rings (SSSR count). The molecule has 0 aromatic heterocycles. The van der Waals surface area contributed by atoms with Gasteiger partial charge in [-0.1, -0.05) is 0 Å². The first-order valence-electron chi connectivity index (χ1n) is 3.68. The van der Waals surface area contributed by atoms with Crippen molar-refractivity contribution in [3.8, 4) is 5.75 Å². The van der Waals surface area contributed by atoms with Crippen LogP contribution in [0.2, 0.25) is 0 Å². The number of nitrogens with zero attached hydrogens (tertiary/aromatic N) is 1. The largest absolute Gasteiger partial charge is 0.497 e. The summed E-state index contributed by atoms with van der Waals surface area (Å²) in [5, 5.41) is 4.23. The number of methoxy groups -OCH3 is 1. The average Bonchev–Trinajstić information content (AvgIpc) is 2.07. The van der Waals surface area contributed by atoms with Crippen molar-refractivity contribution in [2.24, 2.45) is 0 Å². The second-order valence-electron chi connectivity index (χ2n) is 2.17. The van der Waals surface area contributed by atoms with Crippen molar-refractivity contribution < 1.29 is 4.74 Å². The van der Waals surface area contributed by atoms with Gasteiger partial charge in [-0.05, 0) is 31.2 Å². The summed E-state index contributed by atoms with van der Waals surface area (Å²) in [6, 6.07) is 7.72. The van der Waals surface area contributed by atoms with E-state index in [0.29, 0.717) is 0 Å². The molecule has 2 nitrogen and oxygen atoms in total. The van der Waals surface area contributed by atoms with E-state index in [1.165, 1.54) is 0 Å². The Morgan fingerprint density at radius 3 is 2.36 bits per heavy atom. The number of rotatable bonds is 3. The number of benzene rings is 1. The molecule has 0 heterocycles. The molecule has 1 radical (unpaired) electrons. The Hall–Kier alpha value is -1.18. The van der Waals surface area contributed by atoms with Crippen molar-refractivity contribution >= 4 is 5.69 Å². The summed E-state index contributed by atoms with van der Waals surface area (Å²) in [7, 11) is 1.66. The predicted octanol–water partition coefficient (Wildman–Crippen LogP) is 1.95. The summed E-state index contributed by atoms with van der Waals surface area (Å²) < 4.78 is 5.01. The standard InChI is InChI=1S/C9H12NO/c1-3-10-8-4-6-9(11-2)7-5-8/h4-7H,3H2,1-2H3. The van der Waals surface area contributed by atoms with Crippen molar-refractivity contribution in [1.82, 2.24) is 5.32 Å². The molecule has 0 amide bonds. The highest BCUT2D eigenvalue weighted by Crippen LogP contribution is 2.14. The molecule has 0 aliphatic rings. The third kappa shape index (κ3) is 2.15. The molecule has 0 fully saturated rings. The fourth-order valence-electron chi connectivity index (χ4n) is 0.870. The molecule has 0 aliphatic carbocycles. The van der Waals surface area contributed by atoms with Crippen molar-refractivity contribution in [3.05, 3.63) is 24.3 Å². The Labute approximate surface area is 67.2 Å². The van der Waals surface area contributed by atoms with Crippen molar-refractivity contribution in [1.29, 1.82) is 0 Å². The fraction of sp³-hybridized carbons (Fsp3) is 0.333. The van der Waals surface area contributed by atoms with Gasteiger partial charge >= 0.3 is 0 Å². The summed E-state index contributed by atoms with van der Waals surface area (Å²) in [6.45, 7) is 2.84. The van der Waals surface area contributed by atoms with Crippen LogP contribution in [0.1, 0.15) is 6.92 Å². The topological polar surface area (TPSA) is 23.3 Å². The summed E-state index contributed by atoms with van der Waals surface area (Å²) in [5.41, 5.74) is 1.01. The molecule has 0 saturated heterocycles. The molecule has 11 heavy (non-hydrogen) atoms. The van der Waals surface area contributed by atoms with Crippen LogP contribution in [0.3, 0.4) is 0 Å². The van der Waals surface area contributed by atoms with Crippen LogP contribution in [0, 0.1) is 0 Å². The van der Waals surface area contributed by atoms with Gasteiger partial charge in [0.05, 0.1) is 12.8 Å². The van der Waals surface area contributed by atoms with Gasteiger partial charge in [0.15, 0.2) is 0 Å². The van der Waals surface area contributed by atoms with Crippen LogP contribution < -0.4 is 10.1 Å². The lowest BCUT2D eigenvalue weighted by Crippen LogP contribution is -1.94. The Morgan fingerprint density at radius 2 is 1.91 bits per heavy atom. The molecule has 0 N–H and O–H groups in total. The first-order valence-corrected chi connectivity index (χ1v) is 3.68. The van der Waals surface area contributed by atoms with Crippen LogP contribution in [0.5, 0.6) is 5.75 Å². The SMILES string of the molecule is CC[N]c1ccc(OC)cc1. The van der Waals surface area contributed by atoms with Crippen LogP contribution in [0.25, 0.3) is 0 Å². The Kier molecular flexibility index (Phi) is 2.78. The summed E-state index contributed by atoms with van der Waals surface area (Å²) in [6.07, 6.45) is 0. The molecule has 1 aromatic carbocycles. The van der Waals surface area contributed by atoms with E-state index in [0.717, 1.165) is 18.0 Å². The highest BCUT2D eigenvalue weighted by Gasteiger charge is 1.91. The van der Waals surface area contributed by atoms with Gasteiger partial charge < -0.3 is 4.74 Å². The molecule has 1 aromatic rings. The fourth-order valence-corrected chi connectivity index (χ4v) is 0.870. The van der Waals surface area contributed by atoms with Crippen LogP contribution in [-0.2, 0) is 0 Å². The molecule has 0 bridgehead atoms. The van der Waals surface area contributed by atoms with Gasteiger partial charge in [-0.3, -0.25) is 5.32 Å². The van der Waals surface area contributed by atoms with E-state index in [9.17, 15) is 0 Å². The highest BCUT2D eigenvalue weighted by atomic mass is 16.5. The summed E-state index contributed by atoms with van der Waals surface area (Å²) in [4.78, 5) is 0. The van der Waals surface area contributed by atoms with Crippen LogP contribution in [0.4, 0.5) is 5.69 Å². The maximum Gasteiger partial charge on any atom is 0.119 e. The van der Waals surface area contributed by atoms with Gasteiger partial charge in [0.25, 0.3) is 0 Å². The molecular formula is C9H12NO. The van der Waals surface area contributed by atoms with Gasteiger partial charge in [0.1, 0.15) is 5.75 Å². The number of hydrogen-bond donors (Lipinski definition) is 0. The Morgan fingerprint density at radius 1 is 1.27 bits per heavy atom. The van der Waals surface area contributed by atoms with Crippen molar-refractivity contribution in [2.75, 3.05) is 13.7 Å². The maximum absolute atomic E-state index is 5.01.